The van der Waals surface area contributed by atoms with Gasteiger partial charge in [0.2, 0.25) is 5.95 Å². The Hall–Kier alpha value is -3.40. The molecule has 1 saturated carbocycles. The Balaban J connectivity index is 1.18. The average molecular weight is 454 g/mol. The predicted molar refractivity (Wildman–Crippen MR) is 119 cm³/mol. The van der Waals surface area contributed by atoms with Gasteiger partial charge in [0.1, 0.15) is 17.3 Å². The van der Waals surface area contributed by atoms with Gasteiger partial charge in [0.05, 0.1) is 16.6 Å². The van der Waals surface area contributed by atoms with Crippen molar-refractivity contribution >= 4 is 22.5 Å². The van der Waals surface area contributed by atoms with Gasteiger partial charge in [0, 0.05) is 45.7 Å². The minimum absolute atomic E-state index is 0.0580. The number of nitrogens with zero attached hydrogens (tertiary/aromatic N) is 4. The number of anilines is 1. The molecule has 1 aliphatic heterocycles. The molecule has 1 unspecified atom stereocenters. The number of hydrogen-bond donors (Lipinski definition) is 2. The number of nitrogens with one attached hydrogen (secondary N) is 2. The summed E-state index contributed by atoms with van der Waals surface area (Å²) in [6.07, 6.45) is 0.940. The van der Waals surface area contributed by atoms with Crippen molar-refractivity contribution in [3.8, 4) is 0 Å². The normalized spacial score (nSPS) is 20.8. The van der Waals surface area contributed by atoms with Crippen LogP contribution >= 0.6 is 0 Å². The van der Waals surface area contributed by atoms with Crippen LogP contribution in [0, 0.1) is 17.7 Å². The molecule has 2 N–H and O–H groups in total. The number of hydrogen-bond acceptors (Lipinski definition) is 6. The maximum Gasteiger partial charge on any atom is 0.269 e. The van der Waals surface area contributed by atoms with Crippen molar-refractivity contribution in [3.05, 3.63) is 64.0 Å². The Bertz CT molecular complexity index is 1270. The van der Waals surface area contributed by atoms with Gasteiger partial charge >= 0.3 is 0 Å². The van der Waals surface area contributed by atoms with E-state index >= 15 is 0 Å². The summed E-state index contributed by atoms with van der Waals surface area (Å²) >= 11 is 0. The molecule has 1 saturated heterocycles. The summed E-state index contributed by atoms with van der Waals surface area (Å²) in [7, 11) is 1.48. The number of carbonyl (C=O) groups excluding carboxylic acids is 1. The number of carbonyl (C=O) groups is 1. The van der Waals surface area contributed by atoms with E-state index in [-0.39, 0.29) is 22.6 Å². The zero-order valence-corrected chi connectivity index (χ0v) is 18.1. The quantitative estimate of drug-likeness (QED) is 0.572. The van der Waals surface area contributed by atoms with Crippen LogP contribution < -0.4 is 15.8 Å². The van der Waals surface area contributed by atoms with Crippen LogP contribution in [0.25, 0.3) is 10.9 Å². The molecule has 33 heavy (non-hydrogen) atoms. The molecule has 1 aromatic carbocycles. The lowest BCUT2D eigenvalue weighted by Crippen LogP contribution is -2.47. The molecule has 0 spiro atoms. The van der Waals surface area contributed by atoms with Gasteiger partial charge in [-0.25, -0.2) is 14.4 Å². The van der Waals surface area contributed by atoms with Gasteiger partial charge in [-0.1, -0.05) is 0 Å². The molecular formula is C23H24F2N6O2. The molecule has 172 valence electrons. The highest BCUT2D eigenvalue weighted by Crippen LogP contribution is 2.46. The topological polar surface area (TPSA) is 94.2 Å². The predicted octanol–water partition coefficient (Wildman–Crippen LogP) is 1.88. The van der Waals surface area contributed by atoms with E-state index in [2.05, 4.69) is 25.2 Å². The third-order valence-corrected chi connectivity index (χ3v) is 6.45. The second-order valence-electron chi connectivity index (χ2n) is 8.59. The Morgan fingerprint density at radius 3 is 2.67 bits per heavy atom. The third kappa shape index (κ3) is 4.30. The summed E-state index contributed by atoms with van der Waals surface area (Å²) in [6.45, 7) is 3.75. The van der Waals surface area contributed by atoms with Gasteiger partial charge < -0.3 is 15.2 Å². The van der Waals surface area contributed by atoms with Crippen LogP contribution in [0.1, 0.15) is 28.7 Å². The van der Waals surface area contributed by atoms with Crippen LogP contribution in [0.2, 0.25) is 0 Å². The fourth-order valence-electron chi connectivity index (χ4n) is 4.51. The van der Waals surface area contributed by atoms with E-state index in [1.54, 1.807) is 6.07 Å². The first-order valence-electron chi connectivity index (χ1n) is 11.0. The highest BCUT2D eigenvalue weighted by molar-refractivity contribution is 5.92. The Morgan fingerprint density at radius 2 is 1.94 bits per heavy atom. The van der Waals surface area contributed by atoms with E-state index in [0.29, 0.717) is 36.0 Å². The van der Waals surface area contributed by atoms with E-state index in [9.17, 15) is 18.4 Å². The molecule has 8 nitrogen and oxygen atoms in total. The molecule has 10 heteroatoms. The van der Waals surface area contributed by atoms with Crippen LogP contribution in [-0.2, 0) is 0 Å². The first kappa shape index (κ1) is 21.4. The van der Waals surface area contributed by atoms with Gasteiger partial charge in [-0.2, -0.15) is 4.39 Å². The minimum atomic E-state index is -0.641. The Labute approximate surface area is 188 Å². The summed E-state index contributed by atoms with van der Waals surface area (Å²) in [5.74, 6) is -0.278. The van der Waals surface area contributed by atoms with Crippen LogP contribution in [0.3, 0.4) is 0 Å². The van der Waals surface area contributed by atoms with Gasteiger partial charge in [-0.15, -0.1) is 0 Å². The summed E-state index contributed by atoms with van der Waals surface area (Å²) in [4.78, 5) is 39.4. The number of aromatic amines is 1. The lowest BCUT2D eigenvalue weighted by Gasteiger charge is -2.36. The second-order valence-corrected chi connectivity index (χ2v) is 8.59. The lowest BCUT2D eigenvalue weighted by atomic mass is 10.2. The maximum absolute atomic E-state index is 14.5. The molecule has 2 fully saturated rings. The highest BCUT2D eigenvalue weighted by Gasteiger charge is 2.41. The number of H-pyrrole nitrogens is 1. The summed E-state index contributed by atoms with van der Waals surface area (Å²) in [5.41, 5.74) is 0.655. The smallest absolute Gasteiger partial charge is 0.269 e. The molecule has 2 aliphatic rings. The fourth-order valence-corrected chi connectivity index (χ4v) is 4.51. The van der Waals surface area contributed by atoms with Crippen LogP contribution in [0.15, 0.2) is 35.1 Å². The number of pyridine rings is 1. The standard InChI is InChI=1S/C23H24F2N6O2/c1-26-23(33)18-4-5-19(20(25)27-18)31-8-6-30(7-9-31)12-13-10-15(13)21-28-17-3-2-14(24)11-16(17)22(32)29-21/h2-5,11,13,15H,6-10,12H2,1H3,(H,26,33)(H,28,29,32)/t13?,15-/m1/s1. The Morgan fingerprint density at radius 1 is 1.15 bits per heavy atom. The molecular weight excluding hydrogens is 430 g/mol. The number of halogens is 2. The molecule has 5 rings (SSSR count). The van der Waals surface area contributed by atoms with Gasteiger partial charge in [0.25, 0.3) is 11.5 Å². The number of piperazine rings is 1. The maximum atomic E-state index is 14.5. The van der Waals surface area contributed by atoms with Crippen LogP contribution in [0.4, 0.5) is 14.5 Å². The van der Waals surface area contributed by atoms with Crippen molar-refractivity contribution in [2.45, 2.75) is 12.3 Å². The SMILES string of the molecule is CNC(=O)c1ccc(N2CCN(CC3C[C@H]3c3nc4ccc(F)cc4c(=O)[nH]3)CC2)c(F)n1. The fraction of sp³-hybridized carbons (Fsp3) is 0.391. The van der Waals surface area contributed by atoms with Gasteiger partial charge in [-0.3, -0.25) is 14.5 Å². The average Bonchev–Trinajstić information content (AvgIpc) is 3.58. The van der Waals surface area contributed by atoms with Gasteiger partial charge in [-0.05, 0) is 42.7 Å². The van der Waals surface area contributed by atoms with E-state index in [0.717, 1.165) is 26.1 Å². The van der Waals surface area contributed by atoms with Crippen molar-refractivity contribution in [2.75, 3.05) is 44.7 Å². The number of benzene rings is 1. The summed E-state index contributed by atoms with van der Waals surface area (Å²) < 4.78 is 27.9. The first-order valence-corrected chi connectivity index (χ1v) is 11.0. The van der Waals surface area contributed by atoms with E-state index in [4.69, 9.17) is 0 Å². The molecule has 3 aromatic rings. The number of fused-ring (bicyclic) bond motifs is 1. The van der Waals surface area contributed by atoms with E-state index in [1.807, 2.05) is 4.90 Å². The molecule has 0 bridgehead atoms. The number of aromatic nitrogens is 3. The minimum Gasteiger partial charge on any atom is -0.365 e. The zero-order chi connectivity index (χ0) is 23.1. The highest BCUT2D eigenvalue weighted by atomic mass is 19.1. The van der Waals surface area contributed by atoms with Crippen molar-refractivity contribution in [2.24, 2.45) is 5.92 Å². The third-order valence-electron chi connectivity index (χ3n) is 6.45. The zero-order valence-electron chi connectivity index (χ0n) is 18.1. The second kappa shape index (κ2) is 8.51. The molecule has 1 aliphatic carbocycles. The van der Waals surface area contributed by atoms with Crippen molar-refractivity contribution in [1.29, 1.82) is 0 Å². The summed E-state index contributed by atoms with van der Waals surface area (Å²) in [6, 6.07) is 7.19. The van der Waals surface area contributed by atoms with Crippen LogP contribution in [-0.4, -0.2) is 65.5 Å². The van der Waals surface area contributed by atoms with E-state index in [1.165, 1.54) is 31.3 Å². The molecule has 0 radical (unpaired) electrons. The van der Waals surface area contributed by atoms with Crippen molar-refractivity contribution < 1.29 is 13.6 Å². The molecule has 2 aromatic heterocycles. The Kier molecular flexibility index (Phi) is 5.53. The largest absolute Gasteiger partial charge is 0.365 e. The molecule has 1 amide bonds. The lowest BCUT2D eigenvalue weighted by molar-refractivity contribution is 0.0957. The van der Waals surface area contributed by atoms with Gasteiger partial charge in [0.15, 0.2) is 0 Å². The number of amides is 1. The molecule has 3 heterocycles. The first-order chi connectivity index (χ1) is 15.9. The van der Waals surface area contributed by atoms with Crippen molar-refractivity contribution in [1.82, 2.24) is 25.2 Å². The molecule has 2 atom stereocenters. The monoisotopic (exact) mass is 454 g/mol. The van der Waals surface area contributed by atoms with Crippen LogP contribution in [0.5, 0.6) is 0 Å². The van der Waals surface area contributed by atoms with Crippen molar-refractivity contribution in [3.63, 3.8) is 0 Å². The summed E-state index contributed by atoms with van der Waals surface area (Å²) in [5, 5.41) is 2.70. The van der Waals surface area contributed by atoms with E-state index < -0.39 is 17.7 Å². The number of rotatable bonds is 5.